The van der Waals surface area contributed by atoms with Crippen molar-refractivity contribution >= 4 is 29.7 Å². The first-order valence-corrected chi connectivity index (χ1v) is 23.1. The Morgan fingerprint density at radius 1 is 0.690 bits per heavy atom. The van der Waals surface area contributed by atoms with Gasteiger partial charge in [0, 0.05) is 17.2 Å². The Morgan fingerprint density at radius 2 is 1.38 bits per heavy atom. The van der Waals surface area contributed by atoms with Gasteiger partial charge in [-0.1, -0.05) is 80.4 Å². The summed E-state index contributed by atoms with van der Waals surface area (Å²) in [5, 5.41) is 11.2. The van der Waals surface area contributed by atoms with Gasteiger partial charge in [0.25, 0.3) is 0 Å². The molecule has 0 aromatic heterocycles. The van der Waals surface area contributed by atoms with Crippen LogP contribution in [0.3, 0.4) is 0 Å². The molecule has 0 bridgehead atoms. The molecule has 2 aliphatic rings. The van der Waals surface area contributed by atoms with Crippen molar-refractivity contribution in [3.05, 3.63) is 135 Å². The van der Waals surface area contributed by atoms with Gasteiger partial charge >= 0.3 is 12.2 Å². The van der Waals surface area contributed by atoms with Crippen molar-refractivity contribution in [3.63, 3.8) is 0 Å². The molecule has 0 radical (unpaired) electrons. The lowest BCUT2D eigenvalue weighted by Gasteiger charge is -2.24. The Kier molecular flexibility index (Phi) is 16.5. The van der Waals surface area contributed by atoms with Gasteiger partial charge in [-0.05, 0) is 106 Å². The van der Waals surface area contributed by atoms with Crippen molar-refractivity contribution in [3.8, 4) is 57.6 Å². The predicted octanol–water partition coefficient (Wildman–Crippen LogP) is 7.82. The van der Waals surface area contributed by atoms with Crippen molar-refractivity contribution < 1.29 is 52.3 Å². The van der Waals surface area contributed by atoms with Crippen LogP contribution in [0.25, 0.3) is 22.3 Å². The quantitative estimate of drug-likeness (QED) is 0.0492. The number of carbonyl (C=O) groups is 4. The van der Waals surface area contributed by atoms with Gasteiger partial charge in [0.2, 0.25) is 23.0 Å². The van der Waals surface area contributed by atoms with Crippen LogP contribution >= 0.6 is 0 Å². The van der Waals surface area contributed by atoms with Crippen molar-refractivity contribution in [1.82, 2.24) is 16.0 Å². The maximum absolute atomic E-state index is 13.7. The number of aryl methyl sites for hydroxylation is 1. The Hall–Kier alpha value is -8.03. The highest BCUT2D eigenvalue weighted by Crippen LogP contribution is 2.50. The second kappa shape index (κ2) is 23.1. The fraction of sp³-hybridized carbons (Fsp3) is 0.327. The molecular weight excluding hydrogens is 909 g/mol. The van der Waals surface area contributed by atoms with E-state index in [0.29, 0.717) is 63.6 Å². The predicted molar refractivity (Wildman–Crippen MR) is 267 cm³/mol. The van der Waals surface area contributed by atoms with E-state index in [1.165, 1.54) is 41.4 Å². The minimum absolute atomic E-state index is 0.00252. The number of hydrogen-bond acceptors (Lipinski definition) is 12. The number of terminal acetylenes is 1. The molecule has 3 atom stereocenters. The molecule has 0 saturated heterocycles. The molecule has 4 N–H and O–H groups in total. The third-order valence-electron chi connectivity index (χ3n) is 12.6. The van der Waals surface area contributed by atoms with Crippen molar-refractivity contribution in [2.24, 2.45) is 5.92 Å². The molecule has 0 fully saturated rings. The van der Waals surface area contributed by atoms with Crippen molar-refractivity contribution in [2.75, 3.05) is 47.0 Å². The molecule has 71 heavy (non-hydrogen) atoms. The van der Waals surface area contributed by atoms with Gasteiger partial charge in [0.1, 0.15) is 31.9 Å². The van der Waals surface area contributed by atoms with Gasteiger partial charge in [-0.25, -0.2) is 9.59 Å². The number of nitrogens with one attached hydrogen (secondary N) is 4. The number of carbonyl (C=O) groups excluding carboxylic acids is 4. The van der Waals surface area contributed by atoms with Crippen LogP contribution in [0.2, 0.25) is 0 Å². The number of fused-ring (bicyclic) bond motifs is 6. The highest BCUT2D eigenvalue weighted by Gasteiger charge is 2.33. The number of methoxy groups -OCH3 is 4. The molecule has 0 spiro atoms. The standard InChI is InChI=1S/C55H58N4O12/c1-9-24-69-28-35-25-36(57-52(61)32(4)56-53(62)49(31(2)3)59-55(64)71-30-43-39-16-12-10-14-37(39)38-15-11-13-17-40(38)43)20-18-34(35)29-70-54(63)58-44-22-19-33-26-47(66-6)50(67-7)51(68-8)48(33)41-21-23-46(65-5)45(60)27-42(41)44/h1,10-18,20-21,23,25-27,31-32,43-44,49H,19,22,24,28-30H2,2-8H3,(H,56,62)(H,57,61)(H,58,63)(H,59,64)/t32-,44-,49-/m0/s1. The second-order valence-electron chi connectivity index (χ2n) is 17.4. The Bertz CT molecular complexity index is 2870. The molecule has 16 nitrogen and oxygen atoms in total. The maximum Gasteiger partial charge on any atom is 0.407 e. The van der Waals surface area contributed by atoms with Gasteiger partial charge < -0.3 is 54.4 Å². The number of anilines is 1. The average molecular weight is 967 g/mol. The zero-order valence-electron chi connectivity index (χ0n) is 40.8. The fourth-order valence-electron chi connectivity index (χ4n) is 9.06. The van der Waals surface area contributed by atoms with Gasteiger partial charge in [0.15, 0.2) is 17.2 Å². The number of benzene rings is 4. The molecule has 2 aliphatic carbocycles. The van der Waals surface area contributed by atoms with Crippen LogP contribution < -0.4 is 45.6 Å². The molecule has 5 aromatic rings. The Balaban J connectivity index is 0.993. The van der Waals surface area contributed by atoms with E-state index in [4.69, 9.17) is 39.6 Å². The van der Waals surface area contributed by atoms with Crippen LogP contribution in [0.4, 0.5) is 15.3 Å². The topological polar surface area (TPSA) is 198 Å². The number of alkyl carbamates (subject to hydrolysis) is 2. The first-order valence-electron chi connectivity index (χ1n) is 23.1. The molecule has 0 saturated carbocycles. The summed E-state index contributed by atoms with van der Waals surface area (Å²) in [6, 6.07) is 24.9. The number of rotatable bonds is 18. The van der Waals surface area contributed by atoms with E-state index in [2.05, 4.69) is 27.2 Å². The minimum atomic E-state index is -1.02. The summed E-state index contributed by atoms with van der Waals surface area (Å²) in [5.74, 6) is 2.18. The lowest BCUT2D eigenvalue weighted by atomic mass is 9.95. The highest BCUT2D eigenvalue weighted by molar-refractivity contribution is 5.98. The summed E-state index contributed by atoms with van der Waals surface area (Å²) >= 11 is 0. The van der Waals surface area contributed by atoms with Crippen LogP contribution in [-0.2, 0) is 43.4 Å². The smallest absolute Gasteiger partial charge is 0.407 e. The first-order chi connectivity index (χ1) is 34.3. The van der Waals surface area contributed by atoms with Gasteiger partial charge in [0.05, 0.1) is 41.1 Å². The average Bonchev–Trinajstić information content (AvgIpc) is 3.49. The highest BCUT2D eigenvalue weighted by atomic mass is 16.6. The van der Waals surface area contributed by atoms with Crippen LogP contribution in [0, 0.1) is 18.3 Å². The van der Waals surface area contributed by atoms with Crippen molar-refractivity contribution in [1.29, 1.82) is 0 Å². The summed E-state index contributed by atoms with van der Waals surface area (Å²) in [4.78, 5) is 67.3. The van der Waals surface area contributed by atoms with E-state index in [0.717, 1.165) is 27.8 Å². The maximum atomic E-state index is 13.7. The van der Waals surface area contributed by atoms with E-state index in [9.17, 15) is 24.0 Å². The minimum Gasteiger partial charge on any atom is -0.493 e. The molecule has 0 heterocycles. The van der Waals surface area contributed by atoms with Crippen molar-refractivity contribution in [2.45, 2.75) is 70.9 Å². The summed E-state index contributed by atoms with van der Waals surface area (Å²) < 4.78 is 39.7. The number of hydrogen-bond donors (Lipinski definition) is 4. The van der Waals surface area contributed by atoms with Crippen LogP contribution in [0.15, 0.2) is 95.8 Å². The van der Waals surface area contributed by atoms with E-state index in [1.54, 1.807) is 44.2 Å². The van der Waals surface area contributed by atoms with Crippen LogP contribution in [0.1, 0.15) is 72.5 Å². The molecule has 370 valence electrons. The monoisotopic (exact) mass is 966 g/mol. The lowest BCUT2D eigenvalue weighted by molar-refractivity contribution is -0.128. The molecule has 0 unspecified atom stereocenters. The second-order valence-corrected chi connectivity index (χ2v) is 17.4. The van der Waals surface area contributed by atoms with Gasteiger partial charge in [-0.2, -0.15) is 0 Å². The molecule has 5 aromatic carbocycles. The number of amides is 4. The lowest BCUT2D eigenvalue weighted by Crippen LogP contribution is -2.53. The zero-order valence-corrected chi connectivity index (χ0v) is 40.8. The van der Waals surface area contributed by atoms with Crippen LogP contribution in [-0.4, -0.2) is 77.7 Å². The molecule has 16 heteroatoms. The third kappa shape index (κ3) is 11.4. The largest absolute Gasteiger partial charge is 0.493 e. The molecular formula is C55H58N4O12. The molecule has 0 aliphatic heterocycles. The zero-order chi connectivity index (χ0) is 50.8. The summed E-state index contributed by atoms with van der Waals surface area (Å²) in [7, 11) is 5.97. The molecule has 7 rings (SSSR count). The van der Waals surface area contributed by atoms with E-state index < -0.39 is 42.1 Å². The third-order valence-corrected chi connectivity index (χ3v) is 12.6. The SMILES string of the molecule is C#CCOCc1cc(NC(=O)[C@H](C)NC(=O)[C@@H](NC(=O)OCC2c3ccccc3-c3ccccc32)C(C)C)ccc1COC(=O)N[C@H]1CCc2cc(OC)c(OC)c(OC)c2-c2ccc(OC)c(=O)cc21. The summed E-state index contributed by atoms with van der Waals surface area (Å²) in [6.07, 6.45) is 4.79. The normalized spacial score (nSPS) is 14.1. The van der Waals surface area contributed by atoms with E-state index in [-0.39, 0.29) is 49.4 Å². The van der Waals surface area contributed by atoms with Gasteiger partial charge in [-0.15, -0.1) is 6.42 Å². The first kappa shape index (κ1) is 50.8. The van der Waals surface area contributed by atoms with Gasteiger partial charge in [-0.3, -0.25) is 14.4 Å². The fourth-order valence-corrected chi connectivity index (χ4v) is 9.06. The summed E-state index contributed by atoms with van der Waals surface area (Å²) in [6.45, 7) is 4.98. The molecule has 4 amide bonds. The summed E-state index contributed by atoms with van der Waals surface area (Å²) in [5.41, 5.74) is 8.08. The number of ether oxygens (including phenoxy) is 7. The van der Waals surface area contributed by atoms with Crippen LogP contribution in [0.5, 0.6) is 23.0 Å². The van der Waals surface area contributed by atoms with E-state index in [1.807, 2.05) is 54.6 Å². The van der Waals surface area contributed by atoms with E-state index >= 15 is 0 Å². The Morgan fingerprint density at radius 3 is 2.03 bits per heavy atom. The Labute approximate surface area is 412 Å².